The van der Waals surface area contributed by atoms with Crippen molar-refractivity contribution in [3.8, 4) is 6.07 Å². The molecule has 2 atom stereocenters. The summed E-state index contributed by atoms with van der Waals surface area (Å²) in [4.78, 5) is 2.37. The summed E-state index contributed by atoms with van der Waals surface area (Å²) >= 11 is 0. The van der Waals surface area contributed by atoms with Crippen LogP contribution in [0, 0.1) is 23.2 Å². The molecular weight excluding hydrogens is 210 g/mol. The van der Waals surface area contributed by atoms with Crippen LogP contribution < -0.4 is 5.32 Å². The maximum Gasteiger partial charge on any atom is 0.0975 e. The lowest BCUT2D eigenvalue weighted by atomic mass is 9.96. The maximum atomic E-state index is 9.11. The Morgan fingerprint density at radius 1 is 1.47 bits per heavy atom. The van der Waals surface area contributed by atoms with Crippen molar-refractivity contribution in [2.75, 3.05) is 26.2 Å². The Morgan fingerprint density at radius 3 is 2.82 bits per heavy atom. The fourth-order valence-corrected chi connectivity index (χ4v) is 2.55. The fraction of sp³-hybridized carbons (Fsp3) is 0.929. The minimum atomic E-state index is 0.128. The zero-order chi connectivity index (χ0) is 12.7. The number of rotatable bonds is 6. The largest absolute Gasteiger partial charge is 0.316 e. The van der Waals surface area contributed by atoms with Gasteiger partial charge in [-0.2, -0.15) is 5.26 Å². The molecule has 0 aliphatic carbocycles. The lowest BCUT2D eigenvalue weighted by molar-refractivity contribution is 0.143. The zero-order valence-electron chi connectivity index (χ0n) is 11.6. The first-order chi connectivity index (χ1) is 8.17. The van der Waals surface area contributed by atoms with Gasteiger partial charge in [0.25, 0.3) is 0 Å². The predicted molar refractivity (Wildman–Crippen MR) is 71.7 cm³/mol. The van der Waals surface area contributed by atoms with E-state index in [0.717, 1.165) is 44.4 Å². The summed E-state index contributed by atoms with van der Waals surface area (Å²) in [6, 6.07) is 2.55. The first-order valence-corrected chi connectivity index (χ1v) is 7.01. The molecule has 1 fully saturated rings. The third-order valence-electron chi connectivity index (χ3n) is 3.51. The molecule has 0 aromatic carbocycles. The van der Waals surface area contributed by atoms with Crippen LogP contribution in [0.5, 0.6) is 0 Å². The van der Waals surface area contributed by atoms with E-state index in [9.17, 15) is 0 Å². The van der Waals surface area contributed by atoms with Crippen molar-refractivity contribution in [3.05, 3.63) is 0 Å². The van der Waals surface area contributed by atoms with Gasteiger partial charge in [0.2, 0.25) is 0 Å². The van der Waals surface area contributed by atoms with Crippen LogP contribution in [-0.2, 0) is 0 Å². The van der Waals surface area contributed by atoms with E-state index in [1.807, 2.05) is 0 Å². The summed E-state index contributed by atoms with van der Waals surface area (Å²) in [5, 5.41) is 12.6. The van der Waals surface area contributed by atoms with Gasteiger partial charge in [-0.05, 0) is 50.7 Å². The average molecular weight is 237 g/mol. The van der Waals surface area contributed by atoms with Crippen LogP contribution in [0.2, 0.25) is 0 Å². The molecule has 17 heavy (non-hydrogen) atoms. The third-order valence-corrected chi connectivity index (χ3v) is 3.51. The van der Waals surface area contributed by atoms with E-state index in [4.69, 9.17) is 5.26 Å². The topological polar surface area (TPSA) is 39.1 Å². The van der Waals surface area contributed by atoms with Gasteiger partial charge in [-0.15, -0.1) is 0 Å². The highest BCUT2D eigenvalue weighted by molar-refractivity contribution is 4.93. The monoisotopic (exact) mass is 237 g/mol. The molecular formula is C14H27N3. The number of hydrogen-bond donors (Lipinski definition) is 1. The summed E-state index contributed by atoms with van der Waals surface area (Å²) in [6.45, 7) is 11.0. The van der Waals surface area contributed by atoms with Crippen molar-refractivity contribution < 1.29 is 0 Å². The number of likely N-dealkylation sites (tertiary alicyclic amines) is 1. The smallest absolute Gasteiger partial charge is 0.0975 e. The summed E-state index contributed by atoms with van der Waals surface area (Å²) in [6.07, 6.45) is 3.50. The lowest BCUT2D eigenvalue weighted by Gasteiger charge is -2.35. The summed E-state index contributed by atoms with van der Waals surface area (Å²) in [5.74, 6) is 1.45. The van der Waals surface area contributed by atoms with E-state index >= 15 is 0 Å². The van der Waals surface area contributed by atoms with Crippen molar-refractivity contribution in [3.63, 3.8) is 0 Å². The Kier molecular flexibility index (Phi) is 6.54. The number of nitrogens with one attached hydrogen (secondary N) is 1. The Morgan fingerprint density at radius 2 is 2.24 bits per heavy atom. The van der Waals surface area contributed by atoms with E-state index in [-0.39, 0.29) is 6.04 Å². The van der Waals surface area contributed by atoms with Crippen LogP contribution in [0.1, 0.15) is 40.0 Å². The SMILES string of the molecule is CCC(C#N)N1CCCC(CNCC(C)C)C1. The summed E-state index contributed by atoms with van der Waals surface area (Å²) < 4.78 is 0. The fourth-order valence-electron chi connectivity index (χ4n) is 2.55. The van der Waals surface area contributed by atoms with Gasteiger partial charge < -0.3 is 5.32 Å². The molecule has 1 saturated heterocycles. The molecule has 1 heterocycles. The minimum absolute atomic E-state index is 0.128. The Labute approximate surface area is 106 Å². The standard InChI is InChI=1S/C14H27N3/c1-4-14(8-15)17-7-5-6-13(11-17)10-16-9-12(2)3/h12-14,16H,4-7,9-11H2,1-3H3. The van der Waals surface area contributed by atoms with Crippen molar-refractivity contribution in [2.45, 2.75) is 46.1 Å². The van der Waals surface area contributed by atoms with Gasteiger partial charge in [0.1, 0.15) is 0 Å². The summed E-state index contributed by atoms with van der Waals surface area (Å²) in [7, 11) is 0. The van der Waals surface area contributed by atoms with Crippen molar-refractivity contribution in [1.29, 1.82) is 5.26 Å². The van der Waals surface area contributed by atoms with E-state index in [0.29, 0.717) is 0 Å². The van der Waals surface area contributed by atoms with Crippen molar-refractivity contribution >= 4 is 0 Å². The molecule has 1 rings (SSSR count). The van der Waals surface area contributed by atoms with Gasteiger partial charge >= 0.3 is 0 Å². The van der Waals surface area contributed by atoms with Crippen LogP contribution >= 0.6 is 0 Å². The van der Waals surface area contributed by atoms with Crippen LogP contribution in [0.4, 0.5) is 0 Å². The molecule has 0 amide bonds. The molecule has 0 radical (unpaired) electrons. The number of hydrogen-bond acceptors (Lipinski definition) is 3. The first-order valence-electron chi connectivity index (χ1n) is 7.01. The molecule has 0 aromatic rings. The lowest BCUT2D eigenvalue weighted by Crippen LogP contribution is -2.44. The highest BCUT2D eigenvalue weighted by Gasteiger charge is 2.24. The van der Waals surface area contributed by atoms with E-state index in [1.165, 1.54) is 12.8 Å². The molecule has 0 aromatic heterocycles. The molecule has 2 unspecified atom stereocenters. The number of nitriles is 1. The van der Waals surface area contributed by atoms with Crippen LogP contribution in [-0.4, -0.2) is 37.1 Å². The van der Waals surface area contributed by atoms with Gasteiger partial charge in [-0.3, -0.25) is 4.90 Å². The normalized spacial score (nSPS) is 23.6. The number of nitrogens with zero attached hydrogens (tertiary/aromatic N) is 2. The van der Waals surface area contributed by atoms with Gasteiger partial charge in [-0.25, -0.2) is 0 Å². The second kappa shape index (κ2) is 7.68. The van der Waals surface area contributed by atoms with Crippen molar-refractivity contribution in [2.24, 2.45) is 11.8 Å². The average Bonchev–Trinajstić information content (AvgIpc) is 2.31. The second-order valence-corrected chi connectivity index (χ2v) is 5.61. The molecule has 0 spiro atoms. The maximum absolute atomic E-state index is 9.11. The van der Waals surface area contributed by atoms with Crippen LogP contribution in [0.25, 0.3) is 0 Å². The Hall–Kier alpha value is -0.590. The van der Waals surface area contributed by atoms with Gasteiger partial charge in [0.15, 0.2) is 0 Å². The Balaban J connectivity index is 2.31. The highest BCUT2D eigenvalue weighted by atomic mass is 15.2. The Bertz CT molecular complexity index is 244. The van der Waals surface area contributed by atoms with Crippen molar-refractivity contribution in [1.82, 2.24) is 10.2 Å². The van der Waals surface area contributed by atoms with Gasteiger partial charge in [0, 0.05) is 6.54 Å². The second-order valence-electron chi connectivity index (χ2n) is 5.61. The summed E-state index contributed by atoms with van der Waals surface area (Å²) in [5.41, 5.74) is 0. The molecule has 0 saturated carbocycles. The van der Waals surface area contributed by atoms with Crippen LogP contribution in [0.15, 0.2) is 0 Å². The molecule has 1 aliphatic heterocycles. The molecule has 1 aliphatic rings. The molecule has 3 nitrogen and oxygen atoms in total. The first kappa shape index (κ1) is 14.5. The van der Waals surface area contributed by atoms with Gasteiger partial charge in [0.05, 0.1) is 12.1 Å². The molecule has 98 valence electrons. The van der Waals surface area contributed by atoms with E-state index in [1.54, 1.807) is 0 Å². The molecule has 3 heteroatoms. The minimum Gasteiger partial charge on any atom is -0.316 e. The van der Waals surface area contributed by atoms with E-state index in [2.05, 4.69) is 37.1 Å². The molecule has 0 bridgehead atoms. The highest BCUT2D eigenvalue weighted by Crippen LogP contribution is 2.18. The van der Waals surface area contributed by atoms with E-state index < -0.39 is 0 Å². The quantitative estimate of drug-likeness (QED) is 0.770. The third kappa shape index (κ3) is 5.06. The number of piperidine rings is 1. The van der Waals surface area contributed by atoms with Gasteiger partial charge in [-0.1, -0.05) is 20.8 Å². The molecule has 1 N–H and O–H groups in total. The zero-order valence-corrected chi connectivity index (χ0v) is 11.6. The predicted octanol–water partition coefficient (Wildman–Crippen LogP) is 2.25. The van der Waals surface area contributed by atoms with Crippen LogP contribution in [0.3, 0.4) is 0 Å².